The van der Waals surface area contributed by atoms with Crippen LogP contribution in [0.2, 0.25) is 5.02 Å². The van der Waals surface area contributed by atoms with Crippen molar-refractivity contribution in [2.24, 2.45) is 0 Å². The molecule has 19 heavy (non-hydrogen) atoms. The van der Waals surface area contributed by atoms with Crippen LogP contribution in [0.5, 0.6) is 0 Å². The van der Waals surface area contributed by atoms with Crippen LogP contribution in [0.1, 0.15) is 27.6 Å². The zero-order valence-electron chi connectivity index (χ0n) is 10.3. The zero-order chi connectivity index (χ0) is 13.8. The summed E-state index contributed by atoms with van der Waals surface area (Å²) < 4.78 is 0. The quantitative estimate of drug-likeness (QED) is 0.865. The molecule has 0 aliphatic heterocycles. The molecular formula is C15H12ClNO2. The first-order valence-corrected chi connectivity index (χ1v) is 6.12. The first-order valence-electron chi connectivity index (χ1n) is 5.74. The lowest BCUT2D eigenvalue weighted by Gasteiger charge is -2.06. The minimum Gasteiger partial charge on any atom is -0.322 e. The second-order valence-electron chi connectivity index (χ2n) is 4.10. The Morgan fingerprint density at radius 2 is 1.68 bits per heavy atom. The number of ketones is 1. The van der Waals surface area contributed by atoms with Crippen molar-refractivity contribution >= 4 is 29.0 Å². The molecular weight excluding hydrogens is 262 g/mol. The highest BCUT2D eigenvalue weighted by Gasteiger charge is 2.08. The van der Waals surface area contributed by atoms with Crippen LogP contribution in [0.4, 0.5) is 5.69 Å². The zero-order valence-corrected chi connectivity index (χ0v) is 11.1. The minimum atomic E-state index is -0.273. The number of Topliss-reactive ketones (excluding diaryl/α,β-unsaturated/α-hetero) is 1. The molecule has 0 heterocycles. The fourth-order valence-corrected chi connectivity index (χ4v) is 1.84. The molecule has 0 fully saturated rings. The van der Waals surface area contributed by atoms with E-state index in [1.54, 1.807) is 48.5 Å². The van der Waals surface area contributed by atoms with E-state index in [-0.39, 0.29) is 11.7 Å². The van der Waals surface area contributed by atoms with Gasteiger partial charge in [-0.2, -0.15) is 0 Å². The summed E-state index contributed by atoms with van der Waals surface area (Å²) in [5.74, 6) is -0.345. The monoisotopic (exact) mass is 273 g/mol. The molecule has 0 aliphatic carbocycles. The molecule has 2 aromatic rings. The van der Waals surface area contributed by atoms with Gasteiger partial charge in [-0.25, -0.2) is 0 Å². The van der Waals surface area contributed by atoms with E-state index in [1.807, 2.05) is 0 Å². The Labute approximate surface area is 116 Å². The molecule has 0 radical (unpaired) electrons. The molecule has 96 valence electrons. The minimum absolute atomic E-state index is 0.0718. The van der Waals surface area contributed by atoms with Gasteiger partial charge in [0.25, 0.3) is 5.91 Å². The molecule has 0 bridgehead atoms. The average Bonchev–Trinajstić information content (AvgIpc) is 2.39. The number of halogens is 1. The van der Waals surface area contributed by atoms with Crippen LogP contribution in [0.25, 0.3) is 0 Å². The first-order chi connectivity index (χ1) is 9.06. The summed E-state index contributed by atoms with van der Waals surface area (Å²) in [6.07, 6.45) is 0. The highest BCUT2D eigenvalue weighted by atomic mass is 35.5. The topological polar surface area (TPSA) is 46.2 Å². The lowest BCUT2D eigenvalue weighted by atomic mass is 10.1. The van der Waals surface area contributed by atoms with Gasteiger partial charge in [0.2, 0.25) is 0 Å². The van der Waals surface area contributed by atoms with E-state index in [0.717, 1.165) is 0 Å². The fraction of sp³-hybridized carbons (Fsp3) is 0.0667. The van der Waals surface area contributed by atoms with Gasteiger partial charge in [0.1, 0.15) is 0 Å². The average molecular weight is 274 g/mol. The number of nitrogens with one attached hydrogen (secondary N) is 1. The van der Waals surface area contributed by atoms with Crippen LogP contribution in [0, 0.1) is 0 Å². The Morgan fingerprint density at radius 3 is 2.37 bits per heavy atom. The van der Waals surface area contributed by atoms with Crippen LogP contribution in [0.3, 0.4) is 0 Å². The number of rotatable bonds is 3. The summed E-state index contributed by atoms with van der Waals surface area (Å²) in [6.45, 7) is 1.47. The molecule has 4 heteroatoms. The van der Waals surface area contributed by atoms with E-state index in [2.05, 4.69) is 5.32 Å². The third kappa shape index (κ3) is 3.42. The maximum absolute atomic E-state index is 12.0. The van der Waals surface area contributed by atoms with Gasteiger partial charge in [0.15, 0.2) is 5.78 Å². The maximum atomic E-state index is 12.0. The highest BCUT2D eigenvalue weighted by molar-refractivity contribution is 6.31. The molecule has 2 aromatic carbocycles. The lowest BCUT2D eigenvalue weighted by molar-refractivity contribution is 0.101. The van der Waals surface area contributed by atoms with Crippen LogP contribution in [-0.2, 0) is 0 Å². The molecule has 0 aromatic heterocycles. The van der Waals surface area contributed by atoms with Gasteiger partial charge in [-0.05, 0) is 37.3 Å². The summed E-state index contributed by atoms with van der Waals surface area (Å²) in [5, 5.41) is 3.28. The summed E-state index contributed by atoms with van der Waals surface area (Å²) in [4.78, 5) is 23.3. The third-order valence-electron chi connectivity index (χ3n) is 2.61. The Balaban J connectivity index is 2.20. The van der Waals surface area contributed by atoms with Crippen molar-refractivity contribution in [1.82, 2.24) is 0 Å². The number of carbonyl (C=O) groups excluding carboxylic acids is 2. The molecule has 0 spiro atoms. The largest absolute Gasteiger partial charge is 0.322 e. The number of benzene rings is 2. The first kappa shape index (κ1) is 13.3. The number of hydrogen-bond donors (Lipinski definition) is 1. The molecule has 0 atom stereocenters. The Bertz CT molecular complexity index is 638. The van der Waals surface area contributed by atoms with Crippen molar-refractivity contribution in [3.63, 3.8) is 0 Å². The normalized spacial score (nSPS) is 10.0. The number of anilines is 1. The number of hydrogen-bond acceptors (Lipinski definition) is 2. The smallest absolute Gasteiger partial charge is 0.255 e. The van der Waals surface area contributed by atoms with Gasteiger partial charge in [-0.15, -0.1) is 0 Å². The van der Waals surface area contributed by atoms with Gasteiger partial charge in [0.05, 0.1) is 0 Å². The van der Waals surface area contributed by atoms with Gasteiger partial charge in [-0.3, -0.25) is 9.59 Å². The van der Waals surface area contributed by atoms with E-state index in [9.17, 15) is 9.59 Å². The van der Waals surface area contributed by atoms with Crippen molar-refractivity contribution in [1.29, 1.82) is 0 Å². The predicted octanol–water partition coefficient (Wildman–Crippen LogP) is 3.79. The van der Waals surface area contributed by atoms with Gasteiger partial charge >= 0.3 is 0 Å². The molecule has 1 N–H and O–H groups in total. The van der Waals surface area contributed by atoms with Gasteiger partial charge in [0, 0.05) is 21.8 Å². The van der Waals surface area contributed by atoms with E-state index < -0.39 is 0 Å². The summed E-state index contributed by atoms with van der Waals surface area (Å²) in [6, 6.07) is 13.5. The van der Waals surface area contributed by atoms with Crippen molar-refractivity contribution in [2.75, 3.05) is 5.32 Å². The standard InChI is InChI=1S/C15H12ClNO2/c1-10(18)11-4-2-5-12(8-11)15(19)17-14-7-3-6-13(16)9-14/h2-9H,1H3,(H,17,19). The summed E-state index contributed by atoms with van der Waals surface area (Å²) >= 11 is 5.85. The van der Waals surface area contributed by atoms with E-state index in [0.29, 0.717) is 21.8 Å². The Morgan fingerprint density at radius 1 is 1.00 bits per heavy atom. The van der Waals surface area contributed by atoms with Crippen molar-refractivity contribution in [3.8, 4) is 0 Å². The molecule has 1 amide bonds. The Kier molecular flexibility index (Phi) is 3.97. The lowest BCUT2D eigenvalue weighted by Crippen LogP contribution is -2.12. The van der Waals surface area contributed by atoms with Crippen molar-refractivity contribution < 1.29 is 9.59 Å². The molecule has 0 saturated heterocycles. The van der Waals surface area contributed by atoms with Crippen LogP contribution >= 0.6 is 11.6 Å². The predicted molar refractivity (Wildman–Crippen MR) is 75.9 cm³/mol. The van der Waals surface area contributed by atoms with E-state index >= 15 is 0 Å². The molecule has 0 aliphatic rings. The molecule has 0 saturated carbocycles. The second kappa shape index (κ2) is 5.67. The van der Waals surface area contributed by atoms with Gasteiger partial charge < -0.3 is 5.32 Å². The van der Waals surface area contributed by atoms with Crippen molar-refractivity contribution in [3.05, 3.63) is 64.7 Å². The molecule has 2 rings (SSSR count). The van der Waals surface area contributed by atoms with Crippen LogP contribution < -0.4 is 5.32 Å². The third-order valence-corrected chi connectivity index (χ3v) is 2.85. The summed E-state index contributed by atoms with van der Waals surface area (Å²) in [7, 11) is 0. The maximum Gasteiger partial charge on any atom is 0.255 e. The molecule has 0 unspecified atom stereocenters. The Hall–Kier alpha value is -2.13. The molecule has 3 nitrogen and oxygen atoms in total. The number of carbonyl (C=O) groups is 2. The second-order valence-corrected chi connectivity index (χ2v) is 4.54. The fourth-order valence-electron chi connectivity index (χ4n) is 1.65. The number of amides is 1. The van der Waals surface area contributed by atoms with Crippen LogP contribution in [-0.4, -0.2) is 11.7 Å². The van der Waals surface area contributed by atoms with E-state index in [1.165, 1.54) is 6.92 Å². The SMILES string of the molecule is CC(=O)c1cccc(C(=O)Nc2cccc(Cl)c2)c1. The van der Waals surface area contributed by atoms with Crippen molar-refractivity contribution in [2.45, 2.75) is 6.92 Å². The van der Waals surface area contributed by atoms with Crippen LogP contribution in [0.15, 0.2) is 48.5 Å². The summed E-state index contributed by atoms with van der Waals surface area (Å²) in [5.41, 5.74) is 1.57. The van der Waals surface area contributed by atoms with Gasteiger partial charge in [-0.1, -0.05) is 29.8 Å². The van der Waals surface area contributed by atoms with E-state index in [4.69, 9.17) is 11.6 Å². The highest BCUT2D eigenvalue weighted by Crippen LogP contribution is 2.16.